The number of ether oxygens (including phenoxy) is 2. The number of methoxy groups -OCH3 is 1. The fraction of sp³-hybridized carbons (Fsp3) is 0.300. The van der Waals surface area contributed by atoms with Crippen LogP contribution in [0.3, 0.4) is 0 Å². The van der Waals surface area contributed by atoms with Gasteiger partial charge in [-0.05, 0) is 56.5 Å². The van der Waals surface area contributed by atoms with E-state index in [0.29, 0.717) is 5.75 Å². The minimum absolute atomic E-state index is 0.383. The van der Waals surface area contributed by atoms with Crippen LogP contribution in [0.25, 0.3) is 0 Å². The Kier molecular flexibility index (Phi) is 6.63. The van der Waals surface area contributed by atoms with Crippen molar-refractivity contribution in [2.45, 2.75) is 31.6 Å². The lowest BCUT2D eigenvalue weighted by Crippen LogP contribution is -2.35. The van der Waals surface area contributed by atoms with Crippen LogP contribution in [0.15, 0.2) is 54.6 Å². The molecule has 5 heteroatoms. The van der Waals surface area contributed by atoms with Gasteiger partial charge >= 0.3 is 0 Å². The van der Waals surface area contributed by atoms with E-state index in [-0.39, 0.29) is 10.8 Å². The van der Waals surface area contributed by atoms with Crippen LogP contribution in [0, 0.1) is 12.0 Å². The molecule has 0 fully saturated rings. The molecule has 1 N–H and O–H groups in total. The first-order valence-corrected chi connectivity index (χ1v) is 9.09. The number of rotatable bonds is 5. The van der Waals surface area contributed by atoms with E-state index in [1.807, 2.05) is 51.1 Å². The second kappa shape index (κ2) is 8.70. The summed E-state index contributed by atoms with van der Waals surface area (Å²) in [6.07, 6.45) is 2.71. The molecule has 132 valence electrons. The normalized spacial score (nSPS) is 13.3. The van der Waals surface area contributed by atoms with Crippen molar-refractivity contribution in [1.82, 2.24) is 4.72 Å². The number of nitrogens with one attached hydrogen (secondary N) is 1. The fourth-order valence-corrected chi connectivity index (χ4v) is 2.66. The van der Waals surface area contributed by atoms with Crippen LogP contribution < -0.4 is 14.2 Å². The molecule has 4 nitrogen and oxygen atoms in total. The summed E-state index contributed by atoms with van der Waals surface area (Å²) in [7, 11) is 0.367. The maximum absolute atomic E-state index is 12.4. The Bertz CT molecular complexity index is 756. The highest BCUT2D eigenvalue weighted by molar-refractivity contribution is 7.84. The quantitative estimate of drug-likeness (QED) is 0.828. The standard InChI is InChI=1S/C20H23NO3S/c1-20(2,3)25(22)21-19(16-8-6-5-7-9-16)14-15-24-18-12-10-17(23-4)11-13-18/h5-13,19,21H,1-4H3. The van der Waals surface area contributed by atoms with Gasteiger partial charge in [0.2, 0.25) is 0 Å². The molecule has 0 saturated heterocycles. The smallest absolute Gasteiger partial charge is 0.140 e. The summed E-state index contributed by atoms with van der Waals surface area (Å²) in [6, 6.07) is 16.5. The molecular formula is C20H23NO3S. The van der Waals surface area contributed by atoms with Gasteiger partial charge in [0.1, 0.15) is 23.6 Å². The molecule has 2 aromatic carbocycles. The highest BCUT2D eigenvalue weighted by atomic mass is 32.2. The van der Waals surface area contributed by atoms with Crippen molar-refractivity contribution in [2.24, 2.45) is 0 Å². The molecule has 2 atom stereocenters. The van der Waals surface area contributed by atoms with Gasteiger partial charge in [0.15, 0.2) is 0 Å². The highest BCUT2D eigenvalue weighted by Gasteiger charge is 2.22. The largest absolute Gasteiger partial charge is 0.497 e. The van der Waals surface area contributed by atoms with Crippen LogP contribution in [0.2, 0.25) is 0 Å². The second-order valence-corrected chi connectivity index (χ2v) is 8.36. The molecule has 0 saturated carbocycles. The predicted octanol–water partition coefficient (Wildman–Crippen LogP) is 3.83. The second-order valence-electron chi connectivity index (χ2n) is 6.37. The third-order valence-corrected chi connectivity index (χ3v) is 4.91. The summed E-state index contributed by atoms with van der Waals surface area (Å²) in [4.78, 5) is 0. The summed E-state index contributed by atoms with van der Waals surface area (Å²) in [5.74, 6) is 4.39. The van der Waals surface area contributed by atoms with Gasteiger partial charge < -0.3 is 9.47 Å². The van der Waals surface area contributed by atoms with Crippen LogP contribution in [0.4, 0.5) is 0 Å². The monoisotopic (exact) mass is 357 g/mol. The van der Waals surface area contributed by atoms with Crippen molar-refractivity contribution in [3.05, 3.63) is 60.2 Å². The van der Waals surface area contributed by atoms with E-state index in [2.05, 4.69) is 16.7 Å². The molecule has 0 aromatic heterocycles. The summed E-state index contributed by atoms with van der Waals surface area (Å²) in [5, 5.41) is 0. The van der Waals surface area contributed by atoms with E-state index in [9.17, 15) is 4.21 Å². The van der Waals surface area contributed by atoms with Gasteiger partial charge in [-0.1, -0.05) is 30.3 Å². The molecule has 0 radical (unpaired) electrons. The Morgan fingerprint density at radius 1 is 1.00 bits per heavy atom. The van der Waals surface area contributed by atoms with E-state index in [1.54, 1.807) is 31.4 Å². The lowest BCUT2D eigenvalue weighted by molar-refractivity contribution is 0.413. The molecule has 2 unspecified atom stereocenters. The van der Waals surface area contributed by atoms with Gasteiger partial charge in [-0.3, -0.25) is 0 Å². The molecule has 0 bridgehead atoms. The Morgan fingerprint density at radius 2 is 1.60 bits per heavy atom. The molecule has 2 aromatic rings. The van der Waals surface area contributed by atoms with Crippen molar-refractivity contribution in [1.29, 1.82) is 0 Å². The molecule has 0 spiro atoms. The van der Waals surface area contributed by atoms with Crippen LogP contribution in [0.1, 0.15) is 32.4 Å². The zero-order valence-corrected chi connectivity index (χ0v) is 15.7. The molecule has 0 aliphatic rings. The molecule has 0 amide bonds. The fourth-order valence-electron chi connectivity index (χ4n) is 1.90. The minimum atomic E-state index is -1.24. The van der Waals surface area contributed by atoms with Gasteiger partial charge in [-0.15, -0.1) is 0 Å². The summed E-state index contributed by atoms with van der Waals surface area (Å²) in [5.41, 5.74) is 0.936. The average molecular weight is 357 g/mol. The summed E-state index contributed by atoms with van der Waals surface area (Å²) in [6.45, 7) is 5.75. The van der Waals surface area contributed by atoms with Gasteiger partial charge in [0.25, 0.3) is 0 Å². The molecule has 2 rings (SSSR count). The van der Waals surface area contributed by atoms with E-state index < -0.39 is 11.0 Å². The number of hydrogen-bond acceptors (Lipinski definition) is 3. The molecule has 0 aliphatic heterocycles. The van der Waals surface area contributed by atoms with Crippen molar-refractivity contribution in [3.8, 4) is 23.5 Å². The first-order chi connectivity index (χ1) is 11.9. The third kappa shape index (κ3) is 5.93. The van der Waals surface area contributed by atoms with Gasteiger partial charge in [0.05, 0.1) is 22.8 Å². The maximum atomic E-state index is 12.4. The molecule has 0 aliphatic carbocycles. The van der Waals surface area contributed by atoms with E-state index >= 15 is 0 Å². The Hall–Kier alpha value is -2.29. The van der Waals surface area contributed by atoms with Crippen molar-refractivity contribution in [2.75, 3.05) is 7.11 Å². The van der Waals surface area contributed by atoms with Crippen LogP contribution >= 0.6 is 0 Å². The van der Waals surface area contributed by atoms with Crippen molar-refractivity contribution >= 4 is 11.0 Å². The SMILES string of the molecule is COc1ccc(OC#CC(NS(=O)C(C)(C)C)c2ccccc2)cc1. The zero-order chi connectivity index (χ0) is 18.3. The number of hydrogen-bond donors (Lipinski definition) is 1. The predicted molar refractivity (Wildman–Crippen MR) is 102 cm³/mol. The lowest BCUT2D eigenvalue weighted by Gasteiger charge is -2.21. The van der Waals surface area contributed by atoms with Gasteiger partial charge in [-0.2, -0.15) is 0 Å². The van der Waals surface area contributed by atoms with E-state index in [1.165, 1.54) is 0 Å². The van der Waals surface area contributed by atoms with Crippen LogP contribution in [0.5, 0.6) is 11.5 Å². The Morgan fingerprint density at radius 3 is 2.16 bits per heavy atom. The maximum Gasteiger partial charge on any atom is 0.140 e. The highest BCUT2D eigenvalue weighted by Crippen LogP contribution is 2.18. The average Bonchev–Trinajstić information content (AvgIpc) is 2.61. The minimum Gasteiger partial charge on any atom is -0.497 e. The van der Waals surface area contributed by atoms with Gasteiger partial charge in [0, 0.05) is 0 Å². The van der Waals surface area contributed by atoms with Gasteiger partial charge in [-0.25, -0.2) is 8.93 Å². The zero-order valence-electron chi connectivity index (χ0n) is 14.9. The lowest BCUT2D eigenvalue weighted by atomic mass is 10.1. The van der Waals surface area contributed by atoms with E-state index in [4.69, 9.17) is 9.47 Å². The first kappa shape index (κ1) is 19.0. The van der Waals surface area contributed by atoms with Crippen molar-refractivity contribution < 1.29 is 13.7 Å². The molecule has 25 heavy (non-hydrogen) atoms. The number of benzene rings is 2. The van der Waals surface area contributed by atoms with Crippen molar-refractivity contribution in [3.63, 3.8) is 0 Å². The molecular weight excluding hydrogens is 334 g/mol. The Balaban J connectivity index is 2.14. The van der Waals surface area contributed by atoms with Crippen LogP contribution in [-0.4, -0.2) is 16.1 Å². The summed E-state index contributed by atoms with van der Waals surface area (Å²) >= 11 is 0. The first-order valence-electron chi connectivity index (χ1n) is 7.94. The topological polar surface area (TPSA) is 47.6 Å². The summed E-state index contributed by atoms with van der Waals surface area (Å²) < 4.78 is 25.7. The third-order valence-electron chi connectivity index (χ3n) is 3.35. The van der Waals surface area contributed by atoms with E-state index in [0.717, 1.165) is 11.3 Å². The Labute approximate surface area is 152 Å². The van der Waals surface area contributed by atoms with Crippen LogP contribution in [-0.2, 0) is 11.0 Å². The molecule has 0 heterocycles.